The fourth-order valence-corrected chi connectivity index (χ4v) is 3.46. The fraction of sp³-hybridized carbons (Fsp3) is 0.231. The molecule has 152 valence electrons. The van der Waals surface area contributed by atoms with Crippen molar-refractivity contribution in [3.05, 3.63) is 101 Å². The molecule has 0 radical (unpaired) electrons. The molecule has 0 saturated carbocycles. The first-order valence-corrected chi connectivity index (χ1v) is 10.2. The minimum absolute atomic E-state index is 0.0506. The van der Waals surface area contributed by atoms with Crippen molar-refractivity contribution < 1.29 is 4.79 Å². The van der Waals surface area contributed by atoms with E-state index in [1.54, 1.807) is 4.90 Å². The number of rotatable bonds is 8. The molecule has 3 aromatic rings. The van der Waals surface area contributed by atoms with E-state index in [0.717, 1.165) is 22.4 Å². The fourth-order valence-electron chi connectivity index (χ4n) is 3.46. The first kappa shape index (κ1) is 21.3. The van der Waals surface area contributed by atoms with Gasteiger partial charge in [-0.05, 0) is 48.2 Å². The second kappa shape index (κ2) is 10.4. The Morgan fingerprint density at radius 2 is 1.53 bits per heavy atom. The first-order chi connectivity index (χ1) is 14.6. The summed E-state index contributed by atoms with van der Waals surface area (Å²) < 4.78 is 0. The number of benzene rings is 3. The zero-order valence-corrected chi connectivity index (χ0v) is 17.5. The number of hydrogen-bond acceptors (Lipinski definition) is 3. The lowest BCUT2D eigenvalue weighted by atomic mass is 9.99. The van der Waals surface area contributed by atoms with Gasteiger partial charge < -0.3 is 4.90 Å². The van der Waals surface area contributed by atoms with Crippen molar-refractivity contribution >= 4 is 11.6 Å². The van der Waals surface area contributed by atoms with Crippen molar-refractivity contribution in [1.29, 1.82) is 5.26 Å². The van der Waals surface area contributed by atoms with Crippen LogP contribution >= 0.6 is 0 Å². The molecule has 4 heteroatoms. The first-order valence-electron chi connectivity index (χ1n) is 10.2. The van der Waals surface area contributed by atoms with Crippen LogP contribution in [0.15, 0.2) is 78.9 Å². The molecule has 0 heterocycles. The third-order valence-corrected chi connectivity index (χ3v) is 5.27. The summed E-state index contributed by atoms with van der Waals surface area (Å²) in [4.78, 5) is 14.9. The lowest BCUT2D eigenvalue weighted by molar-refractivity contribution is -0.117. The highest BCUT2D eigenvalue weighted by Crippen LogP contribution is 2.23. The molecule has 1 N–H and O–H groups in total. The molecule has 3 rings (SSSR count). The summed E-state index contributed by atoms with van der Waals surface area (Å²) in [5.74, 6) is -0.0506. The van der Waals surface area contributed by atoms with E-state index in [9.17, 15) is 4.79 Å². The van der Waals surface area contributed by atoms with Crippen LogP contribution in [-0.4, -0.2) is 19.0 Å². The molecule has 1 amide bonds. The maximum Gasteiger partial charge on any atom is 0.240 e. The van der Waals surface area contributed by atoms with Gasteiger partial charge in [-0.15, -0.1) is 0 Å². The van der Waals surface area contributed by atoms with Gasteiger partial charge in [-0.1, -0.05) is 66.7 Å². The van der Waals surface area contributed by atoms with E-state index in [1.807, 2.05) is 68.4 Å². The Hall–Kier alpha value is -3.42. The number of amides is 1. The predicted octanol–water partition coefficient (Wildman–Crippen LogP) is 4.93. The van der Waals surface area contributed by atoms with Crippen molar-refractivity contribution in [2.45, 2.75) is 26.3 Å². The molecule has 0 bridgehead atoms. The maximum absolute atomic E-state index is 13.2. The summed E-state index contributed by atoms with van der Waals surface area (Å²) in [6.45, 7) is 4.63. The Labute approximate surface area is 178 Å². The SMILES string of the molecule is Cc1ccc(N(CCC#N)C(=O)CNC(c2ccccc2)c2ccccc2)cc1C. The standard InChI is InChI=1S/C26H27N3O/c1-20-14-15-24(18-21(20)2)29(17-9-16-27)25(30)19-28-26(22-10-5-3-6-11-22)23-12-7-4-8-13-23/h3-8,10-15,18,26,28H,9,17,19H2,1-2H3. The Morgan fingerprint density at radius 3 is 2.07 bits per heavy atom. The van der Waals surface area contributed by atoms with Gasteiger partial charge in [0.05, 0.1) is 25.1 Å². The number of anilines is 1. The van der Waals surface area contributed by atoms with Crippen LogP contribution < -0.4 is 10.2 Å². The van der Waals surface area contributed by atoms with Gasteiger partial charge in [-0.3, -0.25) is 10.1 Å². The van der Waals surface area contributed by atoms with E-state index in [2.05, 4.69) is 35.7 Å². The molecule has 3 aromatic carbocycles. The van der Waals surface area contributed by atoms with Crippen LogP contribution in [0.4, 0.5) is 5.69 Å². The average Bonchev–Trinajstić information content (AvgIpc) is 2.78. The van der Waals surface area contributed by atoms with Gasteiger partial charge in [-0.2, -0.15) is 5.26 Å². The Morgan fingerprint density at radius 1 is 0.933 bits per heavy atom. The van der Waals surface area contributed by atoms with Gasteiger partial charge >= 0.3 is 0 Å². The zero-order chi connectivity index (χ0) is 21.3. The van der Waals surface area contributed by atoms with Gasteiger partial charge in [0.2, 0.25) is 5.91 Å². The highest BCUT2D eigenvalue weighted by Gasteiger charge is 2.19. The molecule has 4 nitrogen and oxygen atoms in total. The van der Waals surface area contributed by atoms with Crippen LogP contribution in [0.2, 0.25) is 0 Å². The van der Waals surface area contributed by atoms with Gasteiger partial charge in [0.15, 0.2) is 0 Å². The second-order valence-corrected chi connectivity index (χ2v) is 7.36. The van der Waals surface area contributed by atoms with Gasteiger partial charge in [0.25, 0.3) is 0 Å². The largest absolute Gasteiger partial charge is 0.310 e. The molecule has 0 saturated heterocycles. The lowest BCUT2D eigenvalue weighted by Gasteiger charge is -2.25. The summed E-state index contributed by atoms with van der Waals surface area (Å²) in [6, 6.07) is 28.3. The molecule has 0 aliphatic rings. The van der Waals surface area contributed by atoms with E-state index in [-0.39, 0.29) is 18.5 Å². The quantitative estimate of drug-likeness (QED) is 0.586. The summed E-state index contributed by atoms with van der Waals surface area (Å²) in [5, 5.41) is 12.5. The van der Waals surface area contributed by atoms with Crippen LogP contribution in [0.5, 0.6) is 0 Å². The van der Waals surface area contributed by atoms with Crippen molar-refractivity contribution in [1.82, 2.24) is 5.32 Å². The number of carbonyl (C=O) groups is 1. The molecular weight excluding hydrogens is 370 g/mol. The Kier molecular flexibility index (Phi) is 7.37. The van der Waals surface area contributed by atoms with E-state index in [0.29, 0.717) is 13.0 Å². The van der Waals surface area contributed by atoms with Crippen LogP contribution in [0.25, 0.3) is 0 Å². The Bertz CT molecular complexity index is 970. The van der Waals surface area contributed by atoms with Crippen molar-refractivity contribution in [3.8, 4) is 6.07 Å². The topological polar surface area (TPSA) is 56.1 Å². The molecule has 0 aliphatic heterocycles. The van der Waals surface area contributed by atoms with Gasteiger partial charge in [-0.25, -0.2) is 0 Å². The number of nitrogens with zero attached hydrogens (tertiary/aromatic N) is 2. The summed E-state index contributed by atoms with van der Waals surface area (Å²) in [6.07, 6.45) is 0.291. The third kappa shape index (κ3) is 5.34. The maximum atomic E-state index is 13.2. The van der Waals surface area contributed by atoms with Crippen molar-refractivity contribution in [2.75, 3.05) is 18.0 Å². The normalized spacial score (nSPS) is 10.6. The zero-order valence-electron chi connectivity index (χ0n) is 17.5. The molecule has 0 aliphatic carbocycles. The predicted molar refractivity (Wildman–Crippen MR) is 121 cm³/mol. The van der Waals surface area contributed by atoms with Crippen molar-refractivity contribution in [2.24, 2.45) is 0 Å². The molecule has 30 heavy (non-hydrogen) atoms. The Balaban J connectivity index is 1.81. The monoisotopic (exact) mass is 397 g/mol. The van der Waals surface area contributed by atoms with Crippen LogP contribution in [-0.2, 0) is 4.79 Å². The highest BCUT2D eigenvalue weighted by molar-refractivity contribution is 5.95. The number of nitriles is 1. The second-order valence-electron chi connectivity index (χ2n) is 7.36. The van der Waals surface area contributed by atoms with E-state index in [1.165, 1.54) is 5.56 Å². The number of aryl methyl sites for hydroxylation is 2. The van der Waals surface area contributed by atoms with Crippen LogP contribution in [0.1, 0.15) is 34.7 Å². The molecule has 0 atom stereocenters. The molecular formula is C26H27N3O. The minimum atomic E-state index is -0.0890. The van der Waals surface area contributed by atoms with Crippen LogP contribution in [0, 0.1) is 25.2 Å². The highest BCUT2D eigenvalue weighted by atomic mass is 16.2. The number of hydrogen-bond donors (Lipinski definition) is 1. The van der Waals surface area contributed by atoms with E-state index in [4.69, 9.17) is 5.26 Å². The van der Waals surface area contributed by atoms with E-state index >= 15 is 0 Å². The summed E-state index contributed by atoms with van der Waals surface area (Å²) in [7, 11) is 0. The van der Waals surface area contributed by atoms with Gasteiger partial charge in [0.1, 0.15) is 0 Å². The lowest BCUT2D eigenvalue weighted by Crippen LogP contribution is -2.40. The number of carbonyl (C=O) groups excluding carboxylic acids is 1. The smallest absolute Gasteiger partial charge is 0.240 e. The molecule has 0 spiro atoms. The van der Waals surface area contributed by atoms with Crippen molar-refractivity contribution in [3.63, 3.8) is 0 Å². The average molecular weight is 398 g/mol. The van der Waals surface area contributed by atoms with Gasteiger partial charge in [0, 0.05) is 12.2 Å². The summed E-state index contributed by atoms with van der Waals surface area (Å²) in [5.41, 5.74) is 5.34. The van der Waals surface area contributed by atoms with E-state index < -0.39 is 0 Å². The third-order valence-electron chi connectivity index (χ3n) is 5.27. The number of nitrogens with one attached hydrogen (secondary N) is 1. The van der Waals surface area contributed by atoms with Crippen LogP contribution in [0.3, 0.4) is 0 Å². The molecule has 0 aromatic heterocycles. The summed E-state index contributed by atoms with van der Waals surface area (Å²) >= 11 is 0. The molecule has 0 unspecified atom stereocenters. The molecule has 0 fully saturated rings. The minimum Gasteiger partial charge on any atom is -0.310 e.